The Bertz CT molecular complexity index is 1270. The van der Waals surface area contributed by atoms with Crippen LogP contribution in [0, 0.1) is 17.5 Å². The van der Waals surface area contributed by atoms with Crippen LogP contribution in [0.15, 0.2) is 41.5 Å². The van der Waals surface area contributed by atoms with Gasteiger partial charge in [0, 0.05) is 28.1 Å². The molecule has 1 amide bonds. The number of carboxylic acid groups (broad SMARTS) is 1. The van der Waals surface area contributed by atoms with Crippen LogP contribution in [-0.4, -0.2) is 35.7 Å². The molecule has 0 spiro atoms. The van der Waals surface area contributed by atoms with Gasteiger partial charge in [0.05, 0.1) is 19.4 Å². The van der Waals surface area contributed by atoms with Crippen molar-refractivity contribution in [3.63, 3.8) is 0 Å². The Kier molecular flexibility index (Phi) is 9.07. The van der Waals surface area contributed by atoms with Gasteiger partial charge in [0.1, 0.15) is 11.6 Å². The molecule has 0 aliphatic heterocycles. The van der Waals surface area contributed by atoms with E-state index < -0.39 is 40.7 Å². The number of unbranched alkanes of at least 4 members (excludes halogenated alkanes) is 2. The van der Waals surface area contributed by atoms with Crippen molar-refractivity contribution in [2.45, 2.75) is 26.2 Å². The summed E-state index contributed by atoms with van der Waals surface area (Å²) in [5.41, 5.74) is -0.595. The van der Waals surface area contributed by atoms with Gasteiger partial charge >= 0.3 is 5.97 Å². The quantitative estimate of drug-likeness (QED) is 0.180. The number of hydrogen-bond donors (Lipinski definition) is 2. The second-order valence-corrected chi connectivity index (χ2v) is 8.39. The van der Waals surface area contributed by atoms with Gasteiger partial charge in [0.2, 0.25) is 5.76 Å². The van der Waals surface area contributed by atoms with Crippen molar-refractivity contribution in [1.82, 2.24) is 4.98 Å². The molecule has 2 N–H and O–H groups in total. The largest absolute Gasteiger partial charge is 0.490 e. The maximum atomic E-state index is 14.9. The highest BCUT2D eigenvalue weighted by Crippen LogP contribution is 2.32. The molecule has 3 rings (SSSR count). The van der Waals surface area contributed by atoms with Gasteiger partial charge in [0.15, 0.2) is 16.7 Å². The van der Waals surface area contributed by atoms with Crippen LogP contribution in [-0.2, 0) is 9.53 Å². The number of anilines is 1. The van der Waals surface area contributed by atoms with Crippen molar-refractivity contribution in [2.24, 2.45) is 0 Å². The van der Waals surface area contributed by atoms with E-state index in [0.29, 0.717) is 12.7 Å². The average Bonchev–Trinajstić information content (AvgIpc) is 3.30. The van der Waals surface area contributed by atoms with Gasteiger partial charge < -0.3 is 14.6 Å². The first-order chi connectivity index (χ1) is 17.2. The number of nitrogens with zero attached hydrogens (tertiary/aromatic N) is 1. The second-order valence-electron chi connectivity index (χ2n) is 7.54. The molecule has 0 radical (unpaired) electrons. The maximum Gasteiger partial charge on any atom is 0.371 e. The highest BCUT2D eigenvalue weighted by Gasteiger charge is 2.19. The highest BCUT2D eigenvalue weighted by molar-refractivity contribution is 7.14. The number of aliphatic carboxylic acids is 1. The minimum Gasteiger partial charge on any atom is -0.490 e. The molecule has 0 aliphatic rings. The summed E-state index contributed by atoms with van der Waals surface area (Å²) in [7, 11) is 1.04. The van der Waals surface area contributed by atoms with Crippen molar-refractivity contribution >= 4 is 34.4 Å². The van der Waals surface area contributed by atoms with Crippen LogP contribution in [0.2, 0.25) is 0 Å². The van der Waals surface area contributed by atoms with E-state index in [-0.39, 0.29) is 27.7 Å². The van der Waals surface area contributed by atoms with Gasteiger partial charge in [-0.2, -0.15) is 0 Å². The Morgan fingerprint density at radius 1 is 1.17 bits per heavy atom. The Morgan fingerprint density at radius 2 is 1.89 bits per heavy atom. The monoisotopic (exact) mass is 520 g/mol. The smallest absolute Gasteiger partial charge is 0.371 e. The van der Waals surface area contributed by atoms with Crippen molar-refractivity contribution < 1.29 is 37.3 Å². The molecule has 1 heterocycles. The fourth-order valence-electron chi connectivity index (χ4n) is 3.17. The van der Waals surface area contributed by atoms with E-state index in [1.165, 1.54) is 17.5 Å². The number of carbonyl (C=O) groups is 2. The number of carboxylic acids is 1. The number of halogens is 3. The zero-order valence-corrected chi connectivity index (χ0v) is 20.3. The summed E-state index contributed by atoms with van der Waals surface area (Å²) < 4.78 is 53.9. The normalized spacial score (nSPS) is 11.3. The van der Waals surface area contributed by atoms with Crippen LogP contribution >= 0.6 is 11.3 Å². The summed E-state index contributed by atoms with van der Waals surface area (Å²) in [6.07, 6.45) is 3.47. The Morgan fingerprint density at radius 3 is 2.53 bits per heavy atom. The Labute approximate surface area is 209 Å². The molecule has 0 fully saturated rings. The molecule has 11 heteroatoms. The summed E-state index contributed by atoms with van der Waals surface area (Å²) in [6, 6.07) is 6.19. The highest BCUT2D eigenvalue weighted by atomic mass is 32.1. The summed E-state index contributed by atoms with van der Waals surface area (Å²) in [6.45, 7) is 2.44. The van der Waals surface area contributed by atoms with Gasteiger partial charge in [-0.3, -0.25) is 10.1 Å². The zero-order chi connectivity index (χ0) is 26.2. The molecule has 190 valence electrons. The lowest BCUT2D eigenvalue weighted by Crippen LogP contribution is -2.13. The molecule has 0 bridgehead atoms. The topological polar surface area (TPSA) is 97.8 Å². The maximum absolute atomic E-state index is 14.9. The van der Waals surface area contributed by atoms with E-state index in [1.54, 1.807) is 6.07 Å². The third-order valence-electron chi connectivity index (χ3n) is 5.02. The fraction of sp³-hybridized carbons (Fsp3) is 0.240. The predicted molar refractivity (Wildman–Crippen MR) is 129 cm³/mol. The predicted octanol–water partition coefficient (Wildman–Crippen LogP) is 6.12. The summed E-state index contributed by atoms with van der Waals surface area (Å²) in [5, 5.41) is 13.0. The van der Waals surface area contributed by atoms with Crippen LogP contribution in [0.4, 0.5) is 18.3 Å². The molecule has 1 aromatic heterocycles. The lowest BCUT2D eigenvalue weighted by atomic mass is 10.1. The van der Waals surface area contributed by atoms with Crippen LogP contribution in [0.25, 0.3) is 17.3 Å². The van der Waals surface area contributed by atoms with Gasteiger partial charge in [-0.1, -0.05) is 25.8 Å². The van der Waals surface area contributed by atoms with Crippen LogP contribution in [0.3, 0.4) is 0 Å². The first kappa shape index (κ1) is 26.7. The van der Waals surface area contributed by atoms with Crippen LogP contribution in [0.5, 0.6) is 5.75 Å². The van der Waals surface area contributed by atoms with E-state index >= 15 is 0 Å². The van der Waals surface area contributed by atoms with E-state index in [2.05, 4.69) is 22.0 Å². The van der Waals surface area contributed by atoms with E-state index in [0.717, 1.165) is 49.8 Å². The molecular formula is C25H23F3N2O5S. The summed E-state index contributed by atoms with van der Waals surface area (Å²) >= 11 is 1.00. The molecule has 0 unspecified atom stereocenters. The van der Waals surface area contributed by atoms with Gasteiger partial charge in [-0.25, -0.2) is 22.9 Å². The Balaban J connectivity index is 1.76. The third kappa shape index (κ3) is 6.42. The SMILES string of the molecule is CCCCCOc1cccc(-c2csc(NC(=O)c3cc(F)c(/C=C(\OC)C(=O)O)c(F)c3)n2)c1F. The molecule has 2 aromatic carbocycles. The van der Waals surface area contributed by atoms with Crippen molar-refractivity contribution in [3.05, 3.63) is 70.0 Å². The number of aromatic nitrogens is 1. The van der Waals surface area contributed by atoms with Crippen molar-refractivity contribution in [1.29, 1.82) is 0 Å². The number of hydrogen-bond acceptors (Lipinski definition) is 6. The number of benzene rings is 2. The number of nitrogens with one attached hydrogen (secondary N) is 1. The standard InChI is InChI=1S/C25H23F3N2O5S/c1-3-4-5-9-35-20-8-6-7-15(22(20)28)19-13-36-25(29-19)30-23(31)14-10-17(26)16(18(27)11-14)12-21(34-2)24(32)33/h6-8,10-13H,3-5,9H2,1-2H3,(H,32,33)(H,29,30,31)/b21-12-. The molecule has 0 saturated carbocycles. The number of thiazole rings is 1. The average molecular weight is 521 g/mol. The number of amides is 1. The Hall–Kier alpha value is -3.86. The minimum absolute atomic E-state index is 0.0843. The first-order valence-corrected chi connectivity index (χ1v) is 11.8. The van der Waals surface area contributed by atoms with Crippen molar-refractivity contribution in [2.75, 3.05) is 19.0 Å². The molecule has 0 aliphatic carbocycles. The molecule has 0 saturated heterocycles. The summed E-state index contributed by atoms with van der Waals surface area (Å²) in [4.78, 5) is 27.8. The van der Waals surface area contributed by atoms with E-state index in [4.69, 9.17) is 9.84 Å². The van der Waals surface area contributed by atoms with Crippen molar-refractivity contribution in [3.8, 4) is 17.0 Å². The zero-order valence-electron chi connectivity index (χ0n) is 19.4. The number of methoxy groups -OCH3 is 1. The van der Waals surface area contributed by atoms with E-state index in [9.17, 15) is 22.8 Å². The van der Waals surface area contributed by atoms with Crippen LogP contribution < -0.4 is 10.1 Å². The number of carbonyl (C=O) groups excluding carboxylic acids is 1. The molecular weight excluding hydrogens is 497 g/mol. The molecule has 0 atom stereocenters. The van der Waals surface area contributed by atoms with Gasteiger partial charge in [-0.05, 0) is 30.7 Å². The number of rotatable bonds is 11. The lowest BCUT2D eigenvalue weighted by molar-refractivity contribution is -0.135. The lowest BCUT2D eigenvalue weighted by Gasteiger charge is -2.09. The molecule has 36 heavy (non-hydrogen) atoms. The third-order valence-corrected chi connectivity index (χ3v) is 5.77. The minimum atomic E-state index is -1.51. The first-order valence-electron chi connectivity index (χ1n) is 10.9. The molecule has 7 nitrogen and oxygen atoms in total. The second kappa shape index (κ2) is 12.2. The summed E-state index contributed by atoms with van der Waals surface area (Å²) in [5.74, 6) is -5.85. The van der Waals surface area contributed by atoms with Crippen LogP contribution in [0.1, 0.15) is 42.1 Å². The van der Waals surface area contributed by atoms with Gasteiger partial charge in [-0.15, -0.1) is 11.3 Å². The number of ether oxygens (including phenoxy) is 2. The fourth-order valence-corrected chi connectivity index (χ4v) is 3.88. The van der Waals surface area contributed by atoms with Gasteiger partial charge in [0.25, 0.3) is 5.91 Å². The van der Waals surface area contributed by atoms with E-state index in [1.807, 2.05) is 0 Å². The molecule has 3 aromatic rings.